The molecule has 0 aromatic heterocycles. The molecule has 0 radical (unpaired) electrons. The number of halogens is 3. The molecule has 0 saturated carbocycles. The molecular formula is C14H15F3N2O2. The molecule has 7 heteroatoms. The summed E-state index contributed by atoms with van der Waals surface area (Å²) >= 11 is 0. The van der Waals surface area contributed by atoms with Crippen molar-refractivity contribution < 1.29 is 22.7 Å². The van der Waals surface area contributed by atoms with Gasteiger partial charge >= 0.3 is 6.18 Å². The molecule has 1 unspecified atom stereocenters. The minimum atomic E-state index is -4.39. The second-order valence-corrected chi connectivity index (χ2v) is 4.36. The zero-order valence-corrected chi connectivity index (χ0v) is 11.4. The Kier molecular flexibility index (Phi) is 6.18. The highest BCUT2D eigenvalue weighted by atomic mass is 19.4. The van der Waals surface area contributed by atoms with Crippen LogP contribution in [0.25, 0.3) is 0 Å². The summed E-state index contributed by atoms with van der Waals surface area (Å²) in [5.41, 5.74) is 0.711. The van der Waals surface area contributed by atoms with Gasteiger partial charge in [-0.1, -0.05) is 12.1 Å². The third-order valence-electron chi connectivity index (χ3n) is 2.70. The van der Waals surface area contributed by atoms with Gasteiger partial charge in [0.25, 0.3) is 0 Å². The molecule has 1 N–H and O–H groups in total. The van der Waals surface area contributed by atoms with Gasteiger partial charge in [-0.25, -0.2) is 0 Å². The lowest BCUT2D eigenvalue weighted by Crippen LogP contribution is -2.29. The molecule has 0 aliphatic carbocycles. The molecule has 21 heavy (non-hydrogen) atoms. The first-order valence-electron chi connectivity index (χ1n) is 6.32. The summed E-state index contributed by atoms with van der Waals surface area (Å²) < 4.78 is 41.1. The molecule has 0 bridgehead atoms. The summed E-state index contributed by atoms with van der Waals surface area (Å²) in [5.74, 6) is -0.374. The van der Waals surface area contributed by atoms with E-state index in [1.807, 2.05) is 6.07 Å². The van der Waals surface area contributed by atoms with Crippen molar-refractivity contribution in [2.24, 2.45) is 0 Å². The predicted octanol–water partition coefficient (Wildman–Crippen LogP) is 3.24. The number of amides is 1. The lowest BCUT2D eigenvalue weighted by Gasteiger charge is -2.16. The monoisotopic (exact) mass is 300 g/mol. The Bertz CT molecular complexity index is 524. The van der Waals surface area contributed by atoms with Gasteiger partial charge in [0.15, 0.2) is 6.10 Å². The van der Waals surface area contributed by atoms with Crippen LogP contribution in [-0.2, 0) is 9.53 Å². The molecule has 1 rings (SSSR count). The smallest absolute Gasteiger partial charge is 0.369 e. The Labute approximate surface area is 120 Å². The van der Waals surface area contributed by atoms with Crippen molar-refractivity contribution in [2.45, 2.75) is 32.0 Å². The fourth-order valence-corrected chi connectivity index (χ4v) is 1.49. The van der Waals surface area contributed by atoms with Crippen molar-refractivity contribution in [3.8, 4) is 6.07 Å². The lowest BCUT2D eigenvalue weighted by molar-refractivity contribution is -0.214. The van der Waals surface area contributed by atoms with Crippen LogP contribution in [0.3, 0.4) is 0 Å². The van der Waals surface area contributed by atoms with E-state index in [2.05, 4.69) is 10.1 Å². The van der Waals surface area contributed by atoms with Gasteiger partial charge in [-0.3, -0.25) is 4.79 Å². The van der Waals surface area contributed by atoms with Gasteiger partial charge in [-0.2, -0.15) is 18.4 Å². The van der Waals surface area contributed by atoms with Crippen LogP contribution in [0, 0.1) is 11.3 Å². The summed E-state index contributed by atoms with van der Waals surface area (Å²) in [6.07, 6.45) is -6.06. The first kappa shape index (κ1) is 17.0. The number of nitrogens with zero attached hydrogens (tertiary/aromatic N) is 1. The van der Waals surface area contributed by atoms with Crippen LogP contribution in [-0.4, -0.2) is 24.8 Å². The van der Waals surface area contributed by atoms with Crippen molar-refractivity contribution in [1.29, 1.82) is 5.26 Å². The number of rotatable bonds is 6. The number of nitriles is 1. The average molecular weight is 300 g/mol. The first-order valence-corrected chi connectivity index (χ1v) is 6.32. The van der Waals surface area contributed by atoms with Gasteiger partial charge < -0.3 is 10.1 Å². The Morgan fingerprint density at radius 3 is 2.71 bits per heavy atom. The van der Waals surface area contributed by atoms with E-state index < -0.39 is 12.3 Å². The molecule has 0 spiro atoms. The number of alkyl halides is 3. The lowest BCUT2D eigenvalue weighted by atomic mass is 10.2. The summed E-state index contributed by atoms with van der Waals surface area (Å²) in [7, 11) is 0. The maximum atomic E-state index is 12.2. The maximum Gasteiger partial charge on any atom is 0.414 e. The topological polar surface area (TPSA) is 62.1 Å². The second-order valence-electron chi connectivity index (χ2n) is 4.36. The molecule has 0 fully saturated rings. The van der Waals surface area contributed by atoms with Gasteiger partial charge in [0, 0.05) is 13.0 Å². The summed E-state index contributed by atoms with van der Waals surface area (Å²) in [4.78, 5) is 11.6. The van der Waals surface area contributed by atoms with Crippen LogP contribution >= 0.6 is 0 Å². The Balaban J connectivity index is 2.34. The van der Waals surface area contributed by atoms with E-state index in [1.165, 1.54) is 0 Å². The van der Waals surface area contributed by atoms with Gasteiger partial charge in [0.2, 0.25) is 5.91 Å². The van der Waals surface area contributed by atoms with Crippen LogP contribution in [0.1, 0.15) is 25.3 Å². The van der Waals surface area contributed by atoms with Gasteiger partial charge in [-0.15, -0.1) is 0 Å². The minimum Gasteiger partial charge on any atom is -0.369 e. The average Bonchev–Trinajstić information content (AvgIpc) is 2.43. The molecule has 1 aromatic carbocycles. The van der Waals surface area contributed by atoms with E-state index in [1.54, 1.807) is 24.3 Å². The largest absolute Gasteiger partial charge is 0.414 e. The minimum absolute atomic E-state index is 0.0182. The van der Waals surface area contributed by atoms with E-state index in [0.29, 0.717) is 11.3 Å². The van der Waals surface area contributed by atoms with Gasteiger partial charge in [0.1, 0.15) is 6.07 Å². The summed E-state index contributed by atoms with van der Waals surface area (Å²) in [5, 5.41) is 11.4. The summed E-state index contributed by atoms with van der Waals surface area (Å²) in [6, 6.07) is 8.42. The van der Waals surface area contributed by atoms with Crippen molar-refractivity contribution in [3.05, 3.63) is 29.8 Å². The molecule has 0 saturated heterocycles. The van der Waals surface area contributed by atoms with Crippen molar-refractivity contribution >= 4 is 11.6 Å². The molecule has 1 amide bonds. The van der Waals surface area contributed by atoms with Crippen molar-refractivity contribution in [3.63, 3.8) is 0 Å². The summed E-state index contributed by atoms with van der Waals surface area (Å²) in [6.45, 7) is 0.761. The van der Waals surface area contributed by atoms with Crippen LogP contribution in [0.15, 0.2) is 24.3 Å². The molecular weight excluding hydrogens is 285 g/mol. The number of para-hydroxylation sites is 1. The van der Waals surface area contributed by atoms with Gasteiger partial charge in [0.05, 0.1) is 11.3 Å². The molecule has 4 nitrogen and oxygen atoms in total. The van der Waals surface area contributed by atoms with Crippen molar-refractivity contribution in [2.75, 3.05) is 11.9 Å². The Morgan fingerprint density at radius 2 is 2.10 bits per heavy atom. The normalized spacial score (nSPS) is 12.5. The molecule has 1 aromatic rings. The van der Waals surface area contributed by atoms with Crippen LogP contribution in [0.2, 0.25) is 0 Å². The van der Waals surface area contributed by atoms with Crippen LogP contribution < -0.4 is 5.32 Å². The van der Waals surface area contributed by atoms with E-state index >= 15 is 0 Å². The Hall–Kier alpha value is -2.07. The third kappa shape index (κ3) is 5.83. The van der Waals surface area contributed by atoms with E-state index in [0.717, 1.165) is 6.92 Å². The molecule has 0 aliphatic rings. The maximum absolute atomic E-state index is 12.2. The predicted molar refractivity (Wildman–Crippen MR) is 70.5 cm³/mol. The number of carbonyl (C=O) groups is 1. The van der Waals surface area contributed by atoms with E-state index in [9.17, 15) is 18.0 Å². The number of hydrogen-bond acceptors (Lipinski definition) is 3. The zero-order valence-electron chi connectivity index (χ0n) is 11.4. The van der Waals surface area contributed by atoms with Gasteiger partial charge in [-0.05, 0) is 25.5 Å². The third-order valence-corrected chi connectivity index (χ3v) is 2.70. The number of benzene rings is 1. The van der Waals surface area contributed by atoms with E-state index in [-0.39, 0.29) is 25.4 Å². The Morgan fingerprint density at radius 1 is 1.43 bits per heavy atom. The van der Waals surface area contributed by atoms with Crippen LogP contribution in [0.5, 0.6) is 0 Å². The molecule has 0 aliphatic heterocycles. The molecule has 0 heterocycles. The fraction of sp³-hybridized carbons (Fsp3) is 0.429. The SMILES string of the molecule is CC(OCCCC(=O)Nc1ccccc1C#N)C(F)(F)F. The first-order chi connectivity index (χ1) is 9.84. The highest BCUT2D eigenvalue weighted by Gasteiger charge is 2.36. The quantitative estimate of drug-likeness (QED) is 0.820. The number of nitrogens with one attached hydrogen (secondary N) is 1. The fourth-order valence-electron chi connectivity index (χ4n) is 1.49. The zero-order chi connectivity index (χ0) is 15.9. The second kappa shape index (κ2) is 7.64. The molecule has 1 atom stereocenters. The number of ether oxygens (including phenoxy) is 1. The highest BCUT2D eigenvalue weighted by molar-refractivity contribution is 5.92. The number of hydrogen-bond donors (Lipinski definition) is 1. The molecule has 114 valence electrons. The standard InChI is InChI=1S/C14H15F3N2O2/c1-10(14(15,16)17)21-8-4-7-13(20)19-12-6-3-2-5-11(12)9-18/h2-3,5-6,10H,4,7-8H2,1H3,(H,19,20). The van der Waals surface area contributed by atoms with E-state index in [4.69, 9.17) is 5.26 Å². The van der Waals surface area contributed by atoms with Crippen molar-refractivity contribution in [1.82, 2.24) is 0 Å². The number of carbonyl (C=O) groups excluding carboxylic acids is 1. The highest BCUT2D eigenvalue weighted by Crippen LogP contribution is 2.22. The van der Waals surface area contributed by atoms with Crippen LogP contribution in [0.4, 0.5) is 18.9 Å². The number of anilines is 1.